The molecule has 1 fully saturated rings. The average molecular weight is 251 g/mol. The van der Waals surface area contributed by atoms with E-state index < -0.39 is 0 Å². The van der Waals surface area contributed by atoms with Crippen LogP contribution >= 0.6 is 0 Å². The maximum Gasteiger partial charge on any atom is 0.146 e. The van der Waals surface area contributed by atoms with Gasteiger partial charge in [-0.15, -0.1) is 0 Å². The molecule has 100 valence electrons. The molecule has 0 radical (unpaired) electrons. The molecule has 0 aliphatic heterocycles. The first-order chi connectivity index (χ1) is 8.69. The molecule has 0 heterocycles. The second-order valence-electron chi connectivity index (χ2n) is 5.23. The molecular weight excluding hydrogens is 229 g/mol. The lowest BCUT2D eigenvalue weighted by molar-refractivity contribution is 0.00169. The summed E-state index contributed by atoms with van der Waals surface area (Å²) in [6.07, 6.45) is 6.43. The zero-order valence-corrected chi connectivity index (χ0v) is 11.0. The minimum Gasteiger partial charge on any atom is -0.396 e. The molecule has 0 amide bonds. The van der Waals surface area contributed by atoms with Crippen molar-refractivity contribution in [2.45, 2.75) is 51.7 Å². The lowest BCUT2D eigenvalue weighted by atomic mass is 9.85. The predicted molar refractivity (Wildman–Crippen MR) is 71.6 cm³/mol. The molecule has 0 saturated heterocycles. The van der Waals surface area contributed by atoms with Crippen molar-refractivity contribution in [1.82, 2.24) is 0 Å². The standard InChI is InChI=1S/C15H22FNO/c1-2-11-4-3-5-13(8-11)18-10-12-6-7-15(17)14(16)9-12/h6-7,9,11,13H,2-5,8,10,17H2,1H3. The third kappa shape index (κ3) is 3.45. The molecule has 2 N–H and O–H groups in total. The predicted octanol–water partition coefficient (Wildman–Crippen LogP) is 3.89. The van der Waals surface area contributed by atoms with Gasteiger partial charge in [0, 0.05) is 0 Å². The van der Waals surface area contributed by atoms with E-state index in [0.29, 0.717) is 12.7 Å². The quantitative estimate of drug-likeness (QED) is 0.824. The van der Waals surface area contributed by atoms with Crippen LogP contribution in [0.3, 0.4) is 0 Å². The molecule has 2 nitrogen and oxygen atoms in total. The number of rotatable bonds is 4. The number of anilines is 1. The highest BCUT2D eigenvalue weighted by molar-refractivity contribution is 5.41. The van der Waals surface area contributed by atoms with Crippen LogP contribution in [0.5, 0.6) is 0 Å². The third-order valence-electron chi connectivity index (χ3n) is 3.86. The van der Waals surface area contributed by atoms with Gasteiger partial charge in [-0.25, -0.2) is 4.39 Å². The fourth-order valence-electron chi connectivity index (χ4n) is 2.64. The van der Waals surface area contributed by atoms with Gasteiger partial charge in [-0.1, -0.05) is 32.3 Å². The van der Waals surface area contributed by atoms with Crippen molar-refractivity contribution in [2.75, 3.05) is 5.73 Å². The molecule has 0 aromatic heterocycles. The summed E-state index contributed by atoms with van der Waals surface area (Å²) in [4.78, 5) is 0. The van der Waals surface area contributed by atoms with E-state index in [-0.39, 0.29) is 11.5 Å². The lowest BCUT2D eigenvalue weighted by Gasteiger charge is -2.28. The number of hydrogen-bond donors (Lipinski definition) is 1. The number of ether oxygens (including phenoxy) is 1. The number of halogens is 1. The summed E-state index contributed by atoms with van der Waals surface area (Å²) in [5.41, 5.74) is 6.51. The van der Waals surface area contributed by atoms with Gasteiger partial charge in [0.25, 0.3) is 0 Å². The summed E-state index contributed by atoms with van der Waals surface area (Å²) < 4.78 is 19.2. The van der Waals surface area contributed by atoms with Gasteiger partial charge in [-0.3, -0.25) is 0 Å². The SMILES string of the molecule is CCC1CCCC(OCc2ccc(N)c(F)c2)C1. The van der Waals surface area contributed by atoms with Gasteiger partial charge in [0.1, 0.15) is 5.82 Å². The van der Waals surface area contributed by atoms with Gasteiger partial charge in [-0.05, 0) is 36.5 Å². The van der Waals surface area contributed by atoms with Gasteiger partial charge in [0.05, 0.1) is 18.4 Å². The molecule has 0 bridgehead atoms. The molecule has 1 aromatic carbocycles. The lowest BCUT2D eigenvalue weighted by Crippen LogP contribution is -2.22. The maximum atomic E-state index is 13.3. The third-order valence-corrected chi connectivity index (χ3v) is 3.86. The van der Waals surface area contributed by atoms with Crippen molar-refractivity contribution in [2.24, 2.45) is 5.92 Å². The summed E-state index contributed by atoms with van der Waals surface area (Å²) >= 11 is 0. The Kier molecular flexibility index (Phi) is 4.59. The first kappa shape index (κ1) is 13.3. The van der Waals surface area contributed by atoms with Crippen LogP contribution in [0.15, 0.2) is 18.2 Å². The Bertz CT molecular complexity index is 394. The Morgan fingerprint density at radius 2 is 2.22 bits per heavy atom. The van der Waals surface area contributed by atoms with Gasteiger partial charge in [0.2, 0.25) is 0 Å². The monoisotopic (exact) mass is 251 g/mol. The van der Waals surface area contributed by atoms with Crippen molar-refractivity contribution in [1.29, 1.82) is 0 Å². The maximum absolute atomic E-state index is 13.3. The Labute approximate surface area is 108 Å². The highest BCUT2D eigenvalue weighted by atomic mass is 19.1. The van der Waals surface area contributed by atoms with Crippen LogP contribution in [0.2, 0.25) is 0 Å². The van der Waals surface area contributed by atoms with Crippen molar-refractivity contribution >= 4 is 5.69 Å². The Balaban J connectivity index is 1.85. The molecule has 1 aliphatic carbocycles. The summed E-state index contributed by atoms with van der Waals surface area (Å²) in [6, 6.07) is 4.90. The van der Waals surface area contributed by atoms with Crippen molar-refractivity contribution in [3.05, 3.63) is 29.6 Å². The second kappa shape index (κ2) is 6.19. The first-order valence-electron chi connectivity index (χ1n) is 6.84. The highest BCUT2D eigenvalue weighted by Gasteiger charge is 2.21. The van der Waals surface area contributed by atoms with Crippen LogP contribution < -0.4 is 5.73 Å². The molecule has 1 aromatic rings. The molecule has 1 saturated carbocycles. The molecule has 3 heteroatoms. The van der Waals surface area contributed by atoms with E-state index in [1.54, 1.807) is 6.07 Å². The fourth-order valence-corrected chi connectivity index (χ4v) is 2.64. The number of nitrogen functional groups attached to an aromatic ring is 1. The highest BCUT2D eigenvalue weighted by Crippen LogP contribution is 2.29. The largest absolute Gasteiger partial charge is 0.396 e. The van der Waals surface area contributed by atoms with Crippen LogP contribution in [0, 0.1) is 11.7 Å². The summed E-state index contributed by atoms with van der Waals surface area (Å²) in [6.45, 7) is 2.72. The molecule has 2 rings (SSSR count). The van der Waals surface area contributed by atoms with Crippen LogP contribution in [-0.4, -0.2) is 6.10 Å². The minimum atomic E-state index is -0.355. The van der Waals surface area contributed by atoms with E-state index >= 15 is 0 Å². The molecule has 2 unspecified atom stereocenters. The molecule has 1 aliphatic rings. The van der Waals surface area contributed by atoms with Gasteiger partial charge in [0.15, 0.2) is 0 Å². The van der Waals surface area contributed by atoms with E-state index in [4.69, 9.17) is 10.5 Å². The summed E-state index contributed by atoms with van der Waals surface area (Å²) in [5, 5.41) is 0. The van der Waals surface area contributed by atoms with E-state index in [2.05, 4.69) is 6.92 Å². The molecule has 2 atom stereocenters. The van der Waals surface area contributed by atoms with Crippen LogP contribution in [0.1, 0.15) is 44.6 Å². The van der Waals surface area contributed by atoms with E-state index in [1.165, 1.54) is 25.3 Å². The Morgan fingerprint density at radius 3 is 2.94 bits per heavy atom. The minimum absolute atomic E-state index is 0.197. The zero-order valence-electron chi connectivity index (χ0n) is 11.0. The van der Waals surface area contributed by atoms with Crippen molar-refractivity contribution in [3.8, 4) is 0 Å². The normalized spacial score (nSPS) is 24.1. The number of nitrogens with two attached hydrogens (primary N) is 1. The van der Waals surface area contributed by atoms with Gasteiger partial charge >= 0.3 is 0 Å². The van der Waals surface area contributed by atoms with Crippen LogP contribution in [0.4, 0.5) is 10.1 Å². The van der Waals surface area contributed by atoms with Gasteiger partial charge in [-0.2, -0.15) is 0 Å². The topological polar surface area (TPSA) is 35.2 Å². The Hall–Kier alpha value is -1.09. The van der Waals surface area contributed by atoms with Crippen LogP contribution in [-0.2, 0) is 11.3 Å². The van der Waals surface area contributed by atoms with Crippen LogP contribution in [0.25, 0.3) is 0 Å². The molecule has 0 spiro atoms. The smallest absolute Gasteiger partial charge is 0.146 e. The second-order valence-corrected chi connectivity index (χ2v) is 5.23. The first-order valence-corrected chi connectivity index (χ1v) is 6.84. The van der Waals surface area contributed by atoms with Gasteiger partial charge < -0.3 is 10.5 Å². The van der Waals surface area contributed by atoms with E-state index in [0.717, 1.165) is 24.3 Å². The molecule has 18 heavy (non-hydrogen) atoms. The van der Waals surface area contributed by atoms with Crippen molar-refractivity contribution < 1.29 is 9.13 Å². The fraction of sp³-hybridized carbons (Fsp3) is 0.600. The number of hydrogen-bond acceptors (Lipinski definition) is 2. The summed E-state index contributed by atoms with van der Waals surface area (Å²) in [5.74, 6) is 0.443. The number of benzene rings is 1. The molecular formula is C15H22FNO. The van der Waals surface area contributed by atoms with E-state index in [1.807, 2.05) is 6.07 Å². The van der Waals surface area contributed by atoms with Crippen molar-refractivity contribution in [3.63, 3.8) is 0 Å². The average Bonchev–Trinajstić information content (AvgIpc) is 2.40. The van der Waals surface area contributed by atoms with E-state index in [9.17, 15) is 4.39 Å². The zero-order chi connectivity index (χ0) is 13.0. The summed E-state index contributed by atoms with van der Waals surface area (Å²) in [7, 11) is 0. The Morgan fingerprint density at radius 1 is 1.39 bits per heavy atom.